The third kappa shape index (κ3) is 3.05. The summed E-state index contributed by atoms with van der Waals surface area (Å²) in [5.41, 5.74) is 1.47. The predicted octanol–water partition coefficient (Wildman–Crippen LogP) is 3.75. The monoisotopic (exact) mass is 165 g/mol. The van der Waals surface area contributed by atoms with Crippen LogP contribution in [0.25, 0.3) is 0 Å². The van der Waals surface area contributed by atoms with E-state index in [1.54, 1.807) is 0 Å². The van der Waals surface area contributed by atoms with Gasteiger partial charge in [-0.25, -0.2) is 0 Å². The van der Waals surface area contributed by atoms with Crippen LogP contribution in [0.1, 0.15) is 38.2 Å². The summed E-state index contributed by atoms with van der Waals surface area (Å²) in [6.45, 7) is 4.53. The van der Waals surface area contributed by atoms with E-state index in [-0.39, 0.29) is 6.15 Å². The van der Waals surface area contributed by atoms with Crippen LogP contribution in [-0.2, 0) is 0 Å². The molecule has 1 aromatic rings. The lowest BCUT2D eigenvalue weighted by molar-refractivity contribution is 0.665. The number of benzene rings is 1. The smallest absolute Gasteiger partial charge is 0.0190 e. The van der Waals surface area contributed by atoms with Crippen molar-refractivity contribution in [2.75, 3.05) is 0 Å². The molecule has 0 amide bonds. The molecule has 0 fully saturated rings. The van der Waals surface area contributed by atoms with Crippen LogP contribution in [0.15, 0.2) is 30.3 Å². The minimum absolute atomic E-state index is 0. The first-order valence-corrected chi connectivity index (χ1v) is 4.39. The summed E-state index contributed by atoms with van der Waals surface area (Å²) in [6, 6.07) is 10.7. The maximum Gasteiger partial charge on any atom is -0.0190 e. The van der Waals surface area contributed by atoms with Crippen molar-refractivity contribution in [1.29, 1.82) is 0 Å². The van der Waals surface area contributed by atoms with Crippen LogP contribution in [0, 0.1) is 0 Å². The lowest BCUT2D eigenvalue weighted by Crippen LogP contribution is -1.91. The van der Waals surface area contributed by atoms with E-state index in [1.807, 2.05) is 0 Å². The van der Waals surface area contributed by atoms with E-state index in [0.717, 1.165) is 5.92 Å². The summed E-state index contributed by atoms with van der Waals surface area (Å²) < 4.78 is 0. The van der Waals surface area contributed by atoms with Gasteiger partial charge < -0.3 is 6.15 Å². The van der Waals surface area contributed by atoms with Crippen molar-refractivity contribution in [3.8, 4) is 0 Å². The summed E-state index contributed by atoms with van der Waals surface area (Å²) in [5, 5.41) is 0. The molecule has 1 heteroatoms. The van der Waals surface area contributed by atoms with E-state index < -0.39 is 0 Å². The molecule has 1 aromatic carbocycles. The molecule has 1 unspecified atom stereocenters. The van der Waals surface area contributed by atoms with Crippen LogP contribution in [-0.4, -0.2) is 0 Å². The zero-order chi connectivity index (χ0) is 8.10. The van der Waals surface area contributed by atoms with Gasteiger partial charge in [0.2, 0.25) is 0 Å². The summed E-state index contributed by atoms with van der Waals surface area (Å²) in [4.78, 5) is 0. The summed E-state index contributed by atoms with van der Waals surface area (Å²) in [6.07, 6.45) is 2.57. The van der Waals surface area contributed by atoms with Crippen molar-refractivity contribution in [2.45, 2.75) is 32.6 Å². The molecular weight excluding hydrogens is 146 g/mol. The minimum atomic E-state index is 0. The highest BCUT2D eigenvalue weighted by Gasteiger charge is 2.01. The van der Waals surface area contributed by atoms with Gasteiger partial charge in [0.1, 0.15) is 0 Å². The molecule has 0 bridgehead atoms. The summed E-state index contributed by atoms with van der Waals surface area (Å²) >= 11 is 0. The molecule has 0 radical (unpaired) electrons. The van der Waals surface area contributed by atoms with Crippen LogP contribution in [0.2, 0.25) is 0 Å². The number of rotatable bonds is 3. The van der Waals surface area contributed by atoms with Crippen molar-refractivity contribution < 1.29 is 0 Å². The van der Waals surface area contributed by atoms with Crippen molar-refractivity contribution in [2.24, 2.45) is 0 Å². The zero-order valence-electron chi connectivity index (χ0n) is 8.09. The third-order valence-corrected chi connectivity index (χ3v) is 2.09. The Labute approximate surface area is 75.4 Å². The Morgan fingerprint density at radius 2 is 1.75 bits per heavy atom. The largest absolute Gasteiger partial charge is 0.344 e. The molecule has 0 saturated heterocycles. The molecule has 12 heavy (non-hydrogen) atoms. The SMILES string of the molecule is CCCC(C)c1ccccc1.N. The fourth-order valence-electron chi connectivity index (χ4n) is 1.38. The quantitative estimate of drug-likeness (QED) is 0.727. The van der Waals surface area contributed by atoms with Crippen LogP contribution >= 0.6 is 0 Å². The van der Waals surface area contributed by atoms with Gasteiger partial charge >= 0.3 is 0 Å². The second kappa shape index (κ2) is 5.78. The third-order valence-electron chi connectivity index (χ3n) is 2.09. The molecule has 0 aliphatic rings. The van der Waals surface area contributed by atoms with Gasteiger partial charge in [0.25, 0.3) is 0 Å². The van der Waals surface area contributed by atoms with Gasteiger partial charge in [-0.15, -0.1) is 0 Å². The molecule has 0 spiro atoms. The van der Waals surface area contributed by atoms with Crippen molar-refractivity contribution >= 4 is 0 Å². The molecule has 1 nitrogen and oxygen atoms in total. The first-order chi connectivity index (χ1) is 5.34. The molecule has 68 valence electrons. The molecule has 1 rings (SSSR count). The van der Waals surface area contributed by atoms with Crippen LogP contribution < -0.4 is 6.15 Å². The maximum absolute atomic E-state index is 2.29. The van der Waals surface area contributed by atoms with E-state index >= 15 is 0 Å². The summed E-state index contributed by atoms with van der Waals surface area (Å²) in [5.74, 6) is 0.723. The fraction of sp³-hybridized carbons (Fsp3) is 0.455. The molecule has 0 aromatic heterocycles. The average molecular weight is 165 g/mol. The number of hydrogen-bond donors (Lipinski definition) is 1. The van der Waals surface area contributed by atoms with Gasteiger partial charge in [-0.1, -0.05) is 50.6 Å². The Balaban J connectivity index is 0.00000121. The second-order valence-electron chi connectivity index (χ2n) is 3.10. The average Bonchev–Trinajstić information content (AvgIpc) is 2.07. The highest BCUT2D eigenvalue weighted by molar-refractivity contribution is 5.18. The molecule has 0 heterocycles. The first-order valence-electron chi connectivity index (χ1n) is 4.39. The Morgan fingerprint density at radius 1 is 1.17 bits per heavy atom. The minimum Gasteiger partial charge on any atom is -0.344 e. The van der Waals surface area contributed by atoms with E-state index in [1.165, 1.54) is 18.4 Å². The molecule has 1 atom stereocenters. The van der Waals surface area contributed by atoms with Crippen molar-refractivity contribution in [3.63, 3.8) is 0 Å². The maximum atomic E-state index is 2.29. The molecule has 3 N–H and O–H groups in total. The van der Waals surface area contributed by atoms with Gasteiger partial charge in [-0.05, 0) is 17.9 Å². The van der Waals surface area contributed by atoms with Gasteiger partial charge in [0, 0.05) is 0 Å². The van der Waals surface area contributed by atoms with E-state index in [0.29, 0.717) is 0 Å². The van der Waals surface area contributed by atoms with E-state index in [2.05, 4.69) is 44.2 Å². The van der Waals surface area contributed by atoms with Crippen LogP contribution in [0.4, 0.5) is 0 Å². The topological polar surface area (TPSA) is 35.0 Å². The number of hydrogen-bond acceptors (Lipinski definition) is 1. The van der Waals surface area contributed by atoms with Gasteiger partial charge in [0.05, 0.1) is 0 Å². The van der Waals surface area contributed by atoms with E-state index in [9.17, 15) is 0 Å². The van der Waals surface area contributed by atoms with Crippen molar-refractivity contribution in [3.05, 3.63) is 35.9 Å². The standard InChI is InChI=1S/C11H16.H3N/c1-3-7-10(2)11-8-5-4-6-9-11;/h4-6,8-10H,3,7H2,1-2H3;1H3. The Bertz CT molecular complexity index is 193. The lowest BCUT2D eigenvalue weighted by Gasteiger charge is -2.08. The second-order valence-corrected chi connectivity index (χ2v) is 3.10. The Morgan fingerprint density at radius 3 is 2.25 bits per heavy atom. The zero-order valence-corrected chi connectivity index (χ0v) is 8.09. The van der Waals surface area contributed by atoms with Crippen LogP contribution in [0.3, 0.4) is 0 Å². The highest BCUT2D eigenvalue weighted by Crippen LogP contribution is 2.19. The normalized spacial score (nSPS) is 11.8. The van der Waals surface area contributed by atoms with Gasteiger partial charge in [0.15, 0.2) is 0 Å². The molecule has 0 saturated carbocycles. The Kier molecular flexibility index (Phi) is 5.39. The van der Waals surface area contributed by atoms with Gasteiger partial charge in [-0.2, -0.15) is 0 Å². The molecule has 0 aliphatic heterocycles. The van der Waals surface area contributed by atoms with E-state index in [4.69, 9.17) is 0 Å². The highest BCUT2D eigenvalue weighted by atomic mass is 14.1. The Hall–Kier alpha value is -0.820. The lowest BCUT2D eigenvalue weighted by atomic mass is 9.97. The predicted molar refractivity (Wildman–Crippen MR) is 54.8 cm³/mol. The molecular formula is C11H19N. The molecule has 0 aliphatic carbocycles. The van der Waals surface area contributed by atoms with Crippen LogP contribution in [0.5, 0.6) is 0 Å². The van der Waals surface area contributed by atoms with Gasteiger partial charge in [-0.3, -0.25) is 0 Å². The first kappa shape index (κ1) is 11.2. The summed E-state index contributed by atoms with van der Waals surface area (Å²) in [7, 11) is 0. The van der Waals surface area contributed by atoms with Crippen molar-refractivity contribution in [1.82, 2.24) is 6.15 Å². The fourth-order valence-corrected chi connectivity index (χ4v) is 1.38.